The van der Waals surface area contributed by atoms with Gasteiger partial charge in [0.15, 0.2) is 0 Å². The van der Waals surface area contributed by atoms with Gasteiger partial charge in [-0.3, -0.25) is 0 Å². The molecule has 24 rings (SSSR count). The first kappa shape index (κ1) is 90.1. The second-order valence-corrected chi connectivity index (χ2v) is 37.7. The Balaban J connectivity index is 0.000000111. The molecule has 0 saturated heterocycles. The molecule has 0 aliphatic heterocycles. The molecule has 0 saturated carbocycles. The Morgan fingerprint density at radius 1 is 0.179 bits per heavy atom. The van der Waals surface area contributed by atoms with Gasteiger partial charge in [0.2, 0.25) is 0 Å². The van der Waals surface area contributed by atoms with Crippen molar-refractivity contribution in [2.24, 2.45) is 0 Å². The number of aryl methyl sites for hydroxylation is 3. The van der Waals surface area contributed by atoms with Crippen LogP contribution in [0.3, 0.4) is 0 Å². The third kappa shape index (κ3) is 19.4. The summed E-state index contributed by atoms with van der Waals surface area (Å²) in [5.74, 6) is 0.521. The van der Waals surface area contributed by atoms with Gasteiger partial charge in [0.25, 0.3) is 0 Å². The van der Waals surface area contributed by atoms with Crippen LogP contribution < -0.4 is 19.6 Å². The molecular weight excluding hydrogens is 1690 g/mol. The molecule has 0 spiro atoms. The van der Waals surface area contributed by atoms with Crippen molar-refractivity contribution in [1.29, 1.82) is 0 Å². The van der Waals surface area contributed by atoms with Gasteiger partial charge in [-0.15, -0.1) is 0 Å². The van der Waals surface area contributed by atoms with E-state index in [-0.39, 0.29) is 0 Å². The third-order valence-corrected chi connectivity index (χ3v) is 28.1. The highest BCUT2D eigenvalue weighted by Gasteiger charge is 2.26. The fourth-order valence-corrected chi connectivity index (χ4v) is 21.0. The number of benzene rings is 20. The van der Waals surface area contributed by atoms with Crippen LogP contribution >= 0.6 is 0 Å². The summed E-state index contributed by atoms with van der Waals surface area (Å²) in [5.41, 5.74) is 52.1. The predicted octanol–water partition coefficient (Wildman–Crippen LogP) is 37.6. The quantitative estimate of drug-likeness (QED) is 0.0633. The zero-order valence-corrected chi connectivity index (χ0v) is 80.6. The van der Waals surface area contributed by atoms with Gasteiger partial charge in [-0.05, 0) is 370 Å². The summed E-state index contributed by atoms with van der Waals surface area (Å²) in [4.78, 5) is 9.39. The molecule has 0 radical (unpaired) electrons. The molecule has 0 heterocycles. The fraction of sp³-hybridized carbons (Fsp3) is 0.118. The molecule has 0 bridgehead atoms. The Labute approximate surface area is 827 Å². The third-order valence-electron chi connectivity index (χ3n) is 28.1. The van der Waals surface area contributed by atoms with Crippen LogP contribution in [0.15, 0.2) is 485 Å². The molecule has 0 atom stereocenters. The van der Waals surface area contributed by atoms with Crippen LogP contribution in [-0.4, -0.2) is 0 Å². The highest BCUT2D eigenvalue weighted by atomic mass is 15.2. The molecule has 0 fully saturated rings. The van der Waals surface area contributed by atoms with Gasteiger partial charge in [-0.25, -0.2) is 0 Å². The lowest BCUT2D eigenvalue weighted by molar-refractivity contribution is 0.866. The maximum atomic E-state index is 2.38. The molecule has 4 aliphatic carbocycles. The van der Waals surface area contributed by atoms with Crippen molar-refractivity contribution < 1.29 is 0 Å². The first-order valence-electron chi connectivity index (χ1n) is 50.1. The minimum Gasteiger partial charge on any atom is -0.311 e. The molecule has 140 heavy (non-hydrogen) atoms. The molecule has 4 aliphatic rings. The number of anilines is 12. The molecular formula is C136H116N4. The maximum absolute atomic E-state index is 2.38. The highest BCUT2D eigenvalue weighted by Crippen LogP contribution is 2.48. The fourth-order valence-electron chi connectivity index (χ4n) is 21.0. The van der Waals surface area contributed by atoms with Crippen molar-refractivity contribution >= 4 is 68.2 Å². The van der Waals surface area contributed by atoms with Crippen molar-refractivity contribution in [1.82, 2.24) is 0 Å². The van der Waals surface area contributed by atoms with E-state index in [4.69, 9.17) is 0 Å². The predicted molar refractivity (Wildman–Crippen MR) is 595 cm³/mol. The normalized spacial score (nSPS) is 11.7. The summed E-state index contributed by atoms with van der Waals surface area (Å²) >= 11 is 0. The molecule has 4 nitrogen and oxygen atoms in total. The molecule has 0 aromatic heterocycles. The van der Waals surface area contributed by atoms with Gasteiger partial charge in [-0.2, -0.15) is 0 Å². The number of hydrogen-bond acceptors (Lipinski definition) is 4. The largest absolute Gasteiger partial charge is 0.311 e. The van der Waals surface area contributed by atoms with Crippen LogP contribution in [0.5, 0.6) is 0 Å². The Bertz CT molecular complexity index is 7680. The molecule has 20 aromatic rings. The second kappa shape index (κ2) is 41.7. The van der Waals surface area contributed by atoms with Gasteiger partial charge in [-0.1, -0.05) is 375 Å². The summed E-state index contributed by atoms with van der Waals surface area (Å²) in [6.45, 7) is 11.2. The minimum absolute atomic E-state index is 0.521. The van der Waals surface area contributed by atoms with Crippen molar-refractivity contribution in [3.63, 3.8) is 0 Å². The second-order valence-electron chi connectivity index (χ2n) is 37.7. The Morgan fingerprint density at radius 2 is 0.429 bits per heavy atom. The lowest BCUT2D eigenvalue weighted by Gasteiger charge is -2.28. The summed E-state index contributed by atoms with van der Waals surface area (Å²) in [5, 5.41) is 0. The average Bonchev–Trinajstić information content (AvgIpc) is 1.62. The van der Waals surface area contributed by atoms with Gasteiger partial charge in [0, 0.05) is 68.2 Å². The standard InChI is InChI=1S/4C34H29N/c1-24(2)25-14-18-31(19-15-25)35(30-9-4-3-5-10-30)32-20-16-26(17-21-32)27-12-13-29-22-28-8-6-7-11-33(28)34(29)23-27;1-2-10-26-11-7-9-16-34(26)35(30-13-4-3-5-14-30)31-21-19-25(20-22-31)27-17-18-29-23-28-12-6-8-15-32(28)33(29)24-27;1-2-9-25-10-8-14-32(22-25)35(30-12-4-3-5-13-30)31-20-18-26(19-21-31)27-16-17-29-23-28-11-6-7-15-33(28)34(29)24-27;1-2-8-25-13-19-31(20-14-25)35(30-10-4-3-5-11-30)32-21-17-26(18-22-32)27-15-16-29-23-28-9-6-7-12-33(28)34(29)24-27/h3-21,23-24H,22H2,1-2H3;3-9,11-22,24H,2,10,23H2,1H3;3-8,10-22,24H,2,9,23H2,1H3;3-7,9-22,24H,2,8,23H2,1H3. The molecule has 0 amide bonds. The van der Waals surface area contributed by atoms with E-state index in [9.17, 15) is 0 Å². The van der Waals surface area contributed by atoms with Gasteiger partial charge < -0.3 is 19.6 Å². The van der Waals surface area contributed by atoms with Crippen LogP contribution in [-0.2, 0) is 44.9 Å². The van der Waals surface area contributed by atoms with Crippen molar-refractivity contribution in [2.75, 3.05) is 19.6 Å². The van der Waals surface area contributed by atoms with Crippen molar-refractivity contribution in [3.8, 4) is 89.0 Å². The van der Waals surface area contributed by atoms with Crippen LogP contribution in [0.1, 0.15) is 127 Å². The SMILES string of the molecule is CC(C)c1ccc(N(c2ccccc2)c2ccc(-c3ccc4c(c3)-c3ccccc3C4)cc2)cc1.CCCc1ccc(N(c2ccccc2)c2ccc(-c3ccc4c(c3)-c3ccccc3C4)cc2)cc1.CCCc1cccc(N(c2ccccc2)c2ccc(-c3ccc4c(c3)-c3ccccc3C4)cc2)c1.CCCc1ccccc1N(c1ccccc1)c1ccc(-c2ccc3c(c2)-c2ccccc2C3)cc1. The van der Waals surface area contributed by atoms with Crippen LogP contribution in [0.4, 0.5) is 68.2 Å². The number of fused-ring (bicyclic) bond motifs is 12. The number of nitrogens with zero attached hydrogens (tertiary/aromatic N) is 4. The van der Waals surface area contributed by atoms with Crippen LogP contribution in [0.25, 0.3) is 89.0 Å². The zero-order valence-electron chi connectivity index (χ0n) is 80.6. The minimum atomic E-state index is 0.521. The van der Waals surface area contributed by atoms with Crippen molar-refractivity contribution in [3.05, 3.63) is 552 Å². The molecule has 680 valence electrons. The molecule has 4 heteroatoms. The molecule has 20 aromatic carbocycles. The van der Waals surface area contributed by atoms with E-state index in [2.05, 4.69) is 540 Å². The highest BCUT2D eigenvalue weighted by molar-refractivity contribution is 5.90. The summed E-state index contributed by atoms with van der Waals surface area (Å²) in [6, 6.07) is 177. The van der Waals surface area contributed by atoms with Crippen LogP contribution in [0, 0.1) is 0 Å². The number of rotatable bonds is 23. The van der Waals surface area contributed by atoms with Crippen LogP contribution in [0.2, 0.25) is 0 Å². The first-order valence-corrected chi connectivity index (χ1v) is 50.1. The summed E-state index contributed by atoms with van der Waals surface area (Å²) in [6.07, 6.45) is 10.9. The lowest BCUT2D eigenvalue weighted by Crippen LogP contribution is -2.12. The molecule has 0 unspecified atom stereocenters. The van der Waals surface area contributed by atoms with E-state index in [0.29, 0.717) is 5.92 Å². The lowest BCUT2D eigenvalue weighted by atomic mass is 9.98. The van der Waals surface area contributed by atoms with E-state index in [1.54, 1.807) is 0 Å². The van der Waals surface area contributed by atoms with E-state index in [1.807, 2.05) is 0 Å². The van der Waals surface area contributed by atoms with Crippen molar-refractivity contribution in [2.45, 2.75) is 105 Å². The topological polar surface area (TPSA) is 13.0 Å². The van der Waals surface area contributed by atoms with Gasteiger partial charge in [0.05, 0.1) is 0 Å². The van der Waals surface area contributed by atoms with E-state index >= 15 is 0 Å². The monoisotopic (exact) mass is 1800 g/mol. The Kier molecular flexibility index (Phi) is 26.8. The molecule has 0 N–H and O–H groups in total. The Morgan fingerprint density at radius 3 is 0.764 bits per heavy atom. The zero-order chi connectivity index (χ0) is 94.6. The maximum Gasteiger partial charge on any atom is 0.0493 e. The Hall–Kier alpha value is -16.4. The smallest absolute Gasteiger partial charge is 0.0493 e. The summed E-state index contributed by atoms with van der Waals surface area (Å²) < 4.78 is 0. The van der Waals surface area contributed by atoms with E-state index < -0.39 is 0 Å². The van der Waals surface area contributed by atoms with Gasteiger partial charge in [0.1, 0.15) is 0 Å². The van der Waals surface area contributed by atoms with Gasteiger partial charge >= 0.3 is 0 Å². The number of para-hydroxylation sites is 5. The first-order chi connectivity index (χ1) is 69.1. The number of hydrogen-bond donors (Lipinski definition) is 0. The van der Waals surface area contributed by atoms with E-state index in [1.165, 1.54) is 201 Å². The van der Waals surface area contributed by atoms with E-state index in [0.717, 1.165) is 87.0 Å². The average molecular weight is 1810 g/mol. The summed E-state index contributed by atoms with van der Waals surface area (Å²) in [7, 11) is 0.